The van der Waals surface area contributed by atoms with Gasteiger partial charge in [-0.05, 0) is 31.5 Å². The molecule has 0 aliphatic carbocycles. The van der Waals surface area contributed by atoms with Gasteiger partial charge in [0.05, 0.1) is 17.4 Å². The minimum absolute atomic E-state index is 0.580. The molecule has 0 radical (unpaired) electrons. The van der Waals surface area contributed by atoms with Gasteiger partial charge in [0.25, 0.3) is 0 Å². The standard InChI is InChI=1S/C12H15N3/c1-9-3-2-4-11-12(9)15(8-14-11)10-5-6-13-7-10/h2-4,8,10,13H,5-7H2,1H3. The Hall–Kier alpha value is -1.35. The lowest BCUT2D eigenvalue weighted by molar-refractivity contribution is 0.561. The zero-order chi connectivity index (χ0) is 10.3. The zero-order valence-electron chi connectivity index (χ0n) is 8.90. The average molecular weight is 201 g/mol. The van der Waals surface area contributed by atoms with Crippen molar-refractivity contribution < 1.29 is 0 Å². The molecule has 78 valence electrons. The minimum Gasteiger partial charge on any atom is -0.326 e. The highest BCUT2D eigenvalue weighted by Crippen LogP contribution is 2.24. The molecule has 1 N–H and O–H groups in total. The van der Waals surface area contributed by atoms with Crippen LogP contribution in [0, 0.1) is 6.92 Å². The van der Waals surface area contributed by atoms with Crippen molar-refractivity contribution in [3.05, 3.63) is 30.1 Å². The number of fused-ring (bicyclic) bond motifs is 1. The zero-order valence-corrected chi connectivity index (χ0v) is 8.90. The van der Waals surface area contributed by atoms with Crippen LogP contribution in [0.4, 0.5) is 0 Å². The topological polar surface area (TPSA) is 29.9 Å². The summed E-state index contributed by atoms with van der Waals surface area (Å²) in [4.78, 5) is 4.46. The molecule has 1 aromatic heterocycles. The summed E-state index contributed by atoms with van der Waals surface area (Å²) < 4.78 is 2.32. The van der Waals surface area contributed by atoms with E-state index < -0.39 is 0 Å². The third kappa shape index (κ3) is 1.35. The van der Waals surface area contributed by atoms with E-state index in [9.17, 15) is 0 Å². The van der Waals surface area contributed by atoms with E-state index in [0.29, 0.717) is 6.04 Å². The highest BCUT2D eigenvalue weighted by molar-refractivity contribution is 5.78. The Balaban J connectivity index is 2.18. The van der Waals surface area contributed by atoms with E-state index in [2.05, 4.69) is 40.0 Å². The van der Waals surface area contributed by atoms with Crippen LogP contribution in [0.2, 0.25) is 0 Å². The maximum Gasteiger partial charge on any atom is 0.0961 e. The third-order valence-electron chi connectivity index (χ3n) is 3.22. The summed E-state index contributed by atoms with van der Waals surface area (Å²) in [5.74, 6) is 0. The van der Waals surface area contributed by atoms with Crippen molar-refractivity contribution in [3.63, 3.8) is 0 Å². The normalized spacial score (nSPS) is 21.3. The van der Waals surface area contributed by atoms with Crippen molar-refractivity contribution in [2.24, 2.45) is 0 Å². The van der Waals surface area contributed by atoms with Gasteiger partial charge >= 0.3 is 0 Å². The summed E-state index contributed by atoms with van der Waals surface area (Å²) in [5.41, 5.74) is 3.73. The molecule has 1 aliphatic heterocycles. The number of para-hydroxylation sites is 1. The number of hydrogen-bond donors (Lipinski definition) is 1. The van der Waals surface area contributed by atoms with Crippen LogP contribution in [0.3, 0.4) is 0 Å². The molecule has 15 heavy (non-hydrogen) atoms. The van der Waals surface area contributed by atoms with Gasteiger partial charge in [-0.25, -0.2) is 4.98 Å². The van der Waals surface area contributed by atoms with Crippen molar-refractivity contribution in [1.29, 1.82) is 0 Å². The first-order chi connectivity index (χ1) is 7.36. The second-order valence-electron chi connectivity index (χ2n) is 4.24. The third-order valence-corrected chi connectivity index (χ3v) is 3.22. The van der Waals surface area contributed by atoms with Gasteiger partial charge in [-0.2, -0.15) is 0 Å². The van der Waals surface area contributed by atoms with Crippen LogP contribution >= 0.6 is 0 Å². The molecule has 0 saturated carbocycles. The molecule has 2 aromatic rings. The Labute approximate surface area is 89.1 Å². The van der Waals surface area contributed by atoms with Crippen molar-refractivity contribution in [2.45, 2.75) is 19.4 Å². The number of imidazole rings is 1. The first-order valence-corrected chi connectivity index (χ1v) is 5.49. The summed E-state index contributed by atoms with van der Waals surface area (Å²) in [6.45, 7) is 4.35. The molecule has 0 spiro atoms. The van der Waals surface area contributed by atoms with Crippen LogP contribution < -0.4 is 5.32 Å². The summed E-state index contributed by atoms with van der Waals surface area (Å²) >= 11 is 0. The molecule has 1 fully saturated rings. The predicted molar refractivity (Wildman–Crippen MR) is 61.0 cm³/mol. The Bertz CT molecular complexity index is 481. The smallest absolute Gasteiger partial charge is 0.0961 e. The monoisotopic (exact) mass is 201 g/mol. The van der Waals surface area contributed by atoms with Gasteiger partial charge in [-0.3, -0.25) is 0 Å². The van der Waals surface area contributed by atoms with Gasteiger partial charge in [0, 0.05) is 12.6 Å². The predicted octanol–water partition coefficient (Wildman–Crippen LogP) is 1.88. The Morgan fingerprint density at radius 3 is 3.20 bits per heavy atom. The molecule has 0 bridgehead atoms. The molecular weight excluding hydrogens is 186 g/mol. The number of rotatable bonds is 1. The van der Waals surface area contributed by atoms with Gasteiger partial charge in [0.2, 0.25) is 0 Å². The van der Waals surface area contributed by atoms with Gasteiger partial charge < -0.3 is 9.88 Å². The Morgan fingerprint density at radius 1 is 1.47 bits per heavy atom. The summed E-state index contributed by atoms with van der Waals surface area (Å²) in [6.07, 6.45) is 3.19. The molecule has 2 heterocycles. The first-order valence-electron chi connectivity index (χ1n) is 5.49. The van der Waals surface area contributed by atoms with E-state index in [1.165, 1.54) is 17.5 Å². The summed E-state index contributed by atoms with van der Waals surface area (Å²) in [5, 5.41) is 3.40. The Morgan fingerprint density at radius 2 is 2.40 bits per heavy atom. The fourth-order valence-corrected chi connectivity index (χ4v) is 2.42. The summed E-state index contributed by atoms with van der Waals surface area (Å²) in [7, 11) is 0. The average Bonchev–Trinajstić information content (AvgIpc) is 2.85. The minimum atomic E-state index is 0.580. The van der Waals surface area contributed by atoms with Crippen molar-refractivity contribution in [2.75, 3.05) is 13.1 Å². The van der Waals surface area contributed by atoms with Crippen LogP contribution in [-0.2, 0) is 0 Å². The van der Waals surface area contributed by atoms with Crippen LogP contribution in [-0.4, -0.2) is 22.6 Å². The van der Waals surface area contributed by atoms with Gasteiger partial charge in [0.1, 0.15) is 0 Å². The van der Waals surface area contributed by atoms with Crippen molar-refractivity contribution in [1.82, 2.24) is 14.9 Å². The summed E-state index contributed by atoms with van der Waals surface area (Å²) in [6, 6.07) is 6.89. The lowest BCUT2D eigenvalue weighted by atomic mass is 10.2. The van der Waals surface area contributed by atoms with Gasteiger partial charge in [-0.15, -0.1) is 0 Å². The van der Waals surface area contributed by atoms with Crippen LogP contribution in [0.25, 0.3) is 11.0 Å². The molecular formula is C12H15N3. The van der Waals surface area contributed by atoms with Crippen LogP contribution in [0.5, 0.6) is 0 Å². The quantitative estimate of drug-likeness (QED) is 0.763. The fourth-order valence-electron chi connectivity index (χ4n) is 2.42. The number of aromatic nitrogens is 2. The van der Waals surface area contributed by atoms with E-state index in [1.807, 2.05) is 6.33 Å². The van der Waals surface area contributed by atoms with E-state index in [0.717, 1.165) is 18.6 Å². The molecule has 3 heteroatoms. The maximum atomic E-state index is 4.46. The number of nitrogens with zero attached hydrogens (tertiary/aromatic N) is 2. The first kappa shape index (κ1) is 8.92. The van der Waals surface area contributed by atoms with Crippen LogP contribution in [0.1, 0.15) is 18.0 Å². The maximum absolute atomic E-state index is 4.46. The molecule has 3 nitrogen and oxygen atoms in total. The SMILES string of the molecule is Cc1cccc2ncn(C3CCNC3)c12. The number of hydrogen-bond acceptors (Lipinski definition) is 2. The molecule has 1 unspecified atom stereocenters. The number of benzene rings is 1. The molecule has 3 rings (SSSR count). The largest absolute Gasteiger partial charge is 0.326 e. The molecule has 1 atom stereocenters. The van der Waals surface area contributed by atoms with E-state index in [1.54, 1.807) is 0 Å². The van der Waals surface area contributed by atoms with Crippen LogP contribution in [0.15, 0.2) is 24.5 Å². The molecule has 0 amide bonds. The molecule has 1 saturated heterocycles. The fraction of sp³-hybridized carbons (Fsp3) is 0.417. The Kier molecular flexibility index (Phi) is 1.99. The highest BCUT2D eigenvalue weighted by Gasteiger charge is 2.18. The van der Waals surface area contributed by atoms with E-state index >= 15 is 0 Å². The molecule has 1 aromatic carbocycles. The number of nitrogens with one attached hydrogen (secondary N) is 1. The highest BCUT2D eigenvalue weighted by atomic mass is 15.1. The van der Waals surface area contributed by atoms with Gasteiger partial charge in [0.15, 0.2) is 0 Å². The van der Waals surface area contributed by atoms with Crippen molar-refractivity contribution in [3.8, 4) is 0 Å². The second kappa shape index (κ2) is 3.35. The number of aryl methyl sites for hydroxylation is 1. The second-order valence-corrected chi connectivity index (χ2v) is 4.24. The van der Waals surface area contributed by atoms with E-state index in [4.69, 9.17) is 0 Å². The van der Waals surface area contributed by atoms with Gasteiger partial charge in [-0.1, -0.05) is 12.1 Å². The molecule has 1 aliphatic rings. The lowest BCUT2D eigenvalue weighted by Crippen LogP contribution is -2.12. The van der Waals surface area contributed by atoms with Crippen molar-refractivity contribution >= 4 is 11.0 Å². The van der Waals surface area contributed by atoms with E-state index in [-0.39, 0.29) is 0 Å². The lowest BCUT2D eigenvalue weighted by Gasteiger charge is -2.12.